The van der Waals surface area contributed by atoms with Gasteiger partial charge in [-0.3, -0.25) is 0 Å². The van der Waals surface area contributed by atoms with Gasteiger partial charge in [0.15, 0.2) is 0 Å². The van der Waals surface area contributed by atoms with Gasteiger partial charge in [0, 0.05) is 30.2 Å². The number of ether oxygens (including phenoxy) is 1. The number of rotatable bonds is 5. The summed E-state index contributed by atoms with van der Waals surface area (Å²) in [5.41, 5.74) is -0.0674. The molecule has 1 fully saturated rings. The molecule has 1 saturated heterocycles. The number of aliphatic hydroxyl groups is 1. The zero-order valence-electron chi connectivity index (χ0n) is 9.04. The highest BCUT2D eigenvalue weighted by atomic mass is 35.5. The molecule has 2 heterocycles. The van der Waals surface area contributed by atoms with Gasteiger partial charge in [-0.25, -0.2) is 0 Å². The van der Waals surface area contributed by atoms with Crippen LogP contribution in [0.2, 0.25) is 5.02 Å². The van der Waals surface area contributed by atoms with Gasteiger partial charge in [-0.15, -0.1) is 11.3 Å². The largest absolute Gasteiger partial charge is 0.396 e. The smallest absolute Gasteiger partial charge is 0.0650 e. The van der Waals surface area contributed by atoms with Crippen molar-refractivity contribution < 1.29 is 9.84 Å². The minimum absolute atomic E-state index is 0.0674. The minimum atomic E-state index is -0.0674. The van der Waals surface area contributed by atoms with Crippen molar-refractivity contribution >= 4 is 22.9 Å². The monoisotopic (exact) mass is 261 g/mol. The summed E-state index contributed by atoms with van der Waals surface area (Å²) in [4.78, 5) is 1.14. The van der Waals surface area contributed by atoms with Crippen LogP contribution >= 0.6 is 22.9 Å². The molecule has 1 aliphatic heterocycles. The number of thiophene rings is 1. The summed E-state index contributed by atoms with van der Waals surface area (Å²) in [6.07, 6.45) is 1.69. The van der Waals surface area contributed by atoms with Crippen molar-refractivity contribution in [2.75, 3.05) is 19.8 Å². The fraction of sp³-hybridized carbons (Fsp3) is 0.636. The summed E-state index contributed by atoms with van der Waals surface area (Å²) < 4.78 is 5.41. The third-order valence-corrected chi connectivity index (χ3v) is 4.40. The predicted octanol–water partition coefficient (Wildman–Crippen LogP) is 2.03. The van der Waals surface area contributed by atoms with Crippen molar-refractivity contribution in [3.8, 4) is 0 Å². The van der Waals surface area contributed by atoms with Gasteiger partial charge in [0.1, 0.15) is 0 Å². The zero-order valence-corrected chi connectivity index (χ0v) is 10.6. The maximum absolute atomic E-state index is 9.08. The van der Waals surface area contributed by atoms with Gasteiger partial charge in [0.25, 0.3) is 0 Å². The molecule has 0 saturated carbocycles. The second-order valence-corrected chi connectivity index (χ2v) is 5.51. The molecule has 90 valence electrons. The lowest BCUT2D eigenvalue weighted by molar-refractivity contribution is 0.146. The van der Waals surface area contributed by atoms with E-state index in [1.54, 1.807) is 11.3 Å². The Morgan fingerprint density at radius 1 is 1.62 bits per heavy atom. The molecule has 0 unspecified atom stereocenters. The fourth-order valence-corrected chi connectivity index (χ4v) is 3.01. The quantitative estimate of drug-likeness (QED) is 0.852. The van der Waals surface area contributed by atoms with E-state index >= 15 is 0 Å². The van der Waals surface area contributed by atoms with E-state index in [9.17, 15) is 0 Å². The molecule has 2 N–H and O–H groups in total. The lowest BCUT2D eigenvalue weighted by Crippen LogP contribution is -2.46. The van der Waals surface area contributed by atoms with Crippen LogP contribution in [0.5, 0.6) is 0 Å². The highest BCUT2D eigenvalue weighted by Crippen LogP contribution is 2.26. The molecule has 0 amide bonds. The number of aliphatic hydroxyl groups excluding tert-OH is 1. The van der Waals surface area contributed by atoms with E-state index < -0.39 is 0 Å². The number of nitrogens with one attached hydrogen (secondary N) is 1. The van der Waals surface area contributed by atoms with Crippen molar-refractivity contribution in [2.45, 2.75) is 24.9 Å². The molecule has 1 aromatic heterocycles. The molecule has 0 aliphatic carbocycles. The first-order valence-corrected chi connectivity index (χ1v) is 6.67. The van der Waals surface area contributed by atoms with Crippen LogP contribution in [0, 0.1) is 0 Å². The van der Waals surface area contributed by atoms with Crippen molar-refractivity contribution in [1.29, 1.82) is 0 Å². The molecule has 0 bridgehead atoms. The van der Waals surface area contributed by atoms with E-state index in [4.69, 9.17) is 21.4 Å². The molecular weight excluding hydrogens is 246 g/mol. The first-order chi connectivity index (χ1) is 7.76. The standard InChI is InChI=1S/C11H16ClNO2S/c12-9-1-6-16-10(9)7-13-11(2-4-14)3-5-15-8-11/h1,6,13-14H,2-5,7-8H2/t11-/m0/s1. The molecule has 0 aromatic carbocycles. The molecule has 16 heavy (non-hydrogen) atoms. The van der Waals surface area contributed by atoms with Crippen molar-refractivity contribution in [1.82, 2.24) is 5.32 Å². The highest BCUT2D eigenvalue weighted by Gasteiger charge is 2.33. The molecule has 5 heteroatoms. The van der Waals surface area contributed by atoms with Crippen LogP contribution in [0.4, 0.5) is 0 Å². The Labute approximate surface area is 104 Å². The summed E-state index contributed by atoms with van der Waals surface area (Å²) in [6, 6.07) is 1.91. The Morgan fingerprint density at radius 3 is 3.06 bits per heavy atom. The highest BCUT2D eigenvalue weighted by molar-refractivity contribution is 7.10. The third-order valence-electron chi connectivity index (χ3n) is 3.01. The van der Waals surface area contributed by atoms with Gasteiger partial charge in [0.05, 0.1) is 11.6 Å². The van der Waals surface area contributed by atoms with Gasteiger partial charge in [-0.1, -0.05) is 11.6 Å². The van der Waals surface area contributed by atoms with Gasteiger partial charge in [-0.2, -0.15) is 0 Å². The normalized spacial score (nSPS) is 25.1. The molecule has 1 atom stereocenters. The van der Waals surface area contributed by atoms with Crippen LogP contribution in [0.15, 0.2) is 11.4 Å². The average molecular weight is 262 g/mol. The molecule has 1 aromatic rings. The first kappa shape index (κ1) is 12.3. The maximum atomic E-state index is 9.08. The Hall–Kier alpha value is -0.130. The number of hydrogen-bond donors (Lipinski definition) is 2. The summed E-state index contributed by atoms with van der Waals surface area (Å²) >= 11 is 7.69. The summed E-state index contributed by atoms with van der Waals surface area (Å²) in [5, 5.41) is 15.4. The Morgan fingerprint density at radius 2 is 2.50 bits per heavy atom. The molecule has 0 radical (unpaired) electrons. The van der Waals surface area contributed by atoms with E-state index in [2.05, 4.69) is 5.32 Å². The maximum Gasteiger partial charge on any atom is 0.0650 e. The number of halogens is 1. The molecule has 3 nitrogen and oxygen atoms in total. The average Bonchev–Trinajstić information content (AvgIpc) is 2.86. The lowest BCUT2D eigenvalue weighted by Gasteiger charge is -2.28. The molecular formula is C11H16ClNO2S. The SMILES string of the molecule is OCC[C@]1(NCc2sccc2Cl)CCOC1. The van der Waals surface area contributed by atoms with Gasteiger partial charge in [-0.05, 0) is 24.3 Å². The fourth-order valence-electron chi connectivity index (χ4n) is 1.97. The van der Waals surface area contributed by atoms with Crippen LogP contribution in [-0.2, 0) is 11.3 Å². The van der Waals surface area contributed by atoms with Crippen LogP contribution in [0.25, 0.3) is 0 Å². The zero-order chi connectivity index (χ0) is 11.4. The second-order valence-electron chi connectivity index (χ2n) is 4.10. The van der Waals surface area contributed by atoms with Gasteiger partial charge >= 0.3 is 0 Å². The van der Waals surface area contributed by atoms with Crippen molar-refractivity contribution in [3.63, 3.8) is 0 Å². The van der Waals surface area contributed by atoms with E-state index in [0.717, 1.165) is 35.9 Å². The summed E-state index contributed by atoms with van der Waals surface area (Å²) in [5.74, 6) is 0. The van der Waals surface area contributed by atoms with Gasteiger partial charge in [0.2, 0.25) is 0 Å². The van der Waals surface area contributed by atoms with Crippen molar-refractivity contribution in [3.05, 3.63) is 21.3 Å². The van der Waals surface area contributed by atoms with Crippen LogP contribution in [-0.4, -0.2) is 30.5 Å². The predicted molar refractivity (Wildman–Crippen MR) is 66.0 cm³/mol. The second kappa shape index (κ2) is 5.47. The van der Waals surface area contributed by atoms with Gasteiger partial charge < -0.3 is 15.2 Å². The Balaban J connectivity index is 1.94. The summed E-state index contributed by atoms with van der Waals surface area (Å²) in [7, 11) is 0. The Bertz CT molecular complexity index is 336. The van der Waals surface area contributed by atoms with Crippen LogP contribution < -0.4 is 5.32 Å². The molecule has 0 spiro atoms. The minimum Gasteiger partial charge on any atom is -0.396 e. The lowest BCUT2D eigenvalue weighted by atomic mass is 9.95. The first-order valence-electron chi connectivity index (χ1n) is 5.41. The van der Waals surface area contributed by atoms with Crippen molar-refractivity contribution in [2.24, 2.45) is 0 Å². The topological polar surface area (TPSA) is 41.5 Å². The van der Waals surface area contributed by atoms with Crippen LogP contribution in [0.3, 0.4) is 0 Å². The Kier molecular flexibility index (Phi) is 4.21. The molecule has 2 rings (SSSR count). The van der Waals surface area contributed by atoms with E-state index in [1.807, 2.05) is 11.4 Å². The number of hydrogen-bond acceptors (Lipinski definition) is 4. The molecule has 1 aliphatic rings. The van der Waals surface area contributed by atoms with E-state index in [0.29, 0.717) is 6.61 Å². The van der Waals surface area contributed by atoms with E-state index in [1.165, 1.54) is 0 Å². The third kappa shape index (κ3) is 2.76. The summed E-state index contributed by atoms with van der Waals surface area (Å²) in [6.45, 7) is 2.39. The van der Waals surface area contributed by atoms with Crippen LogP contribution in [0.1, 0.15) is 17.7 Å². The van der Waals surface area contributed by atoms with E-state index in [-0.39, 0.29) is 12.1 Å².